The quantitative estimate of drug-likeness (QED) is 0.668. The van der Waals surface area contributed by atoms with Crippen molar-refractivity contribution >= 4 is 34.1 Å². The maximum absolute atomic E-state index is 12.3. The maximum atomic E-state index is 12.3. The molecule has 9 heteroatoms. The number of hydrogen-bond donors (Lipinski definition) is 2. The van der Waals surface area contributed by atoms with Crippen LogP contribution in [0.15, 0.2) is 18.2 Å². The Morgan fingerprint density at radius 3 is 2.52 bits per heavy atom. The van der Waals surface area contributed by atoms with E-state index in [0.717, 1.165) is 36.1 Å². The van der Waals surface area contributed by atoms with Gasteiger partial charge >= 0.3 is 5.97 Å². The number of primary amides is 1. The number of fused-ring (bicyclic) bond motifs is 1. The van der Waals surface area contributed by atoms with E-state index in [9.17, 15) is 14.4 Å². The number of carbonyl (C=O) groups is 3. The number of thiophene rings is 1. The van der Waals surface area contributed by atoms with E-state index < -0.39 is 24.4 Å². The van der Waals surface area contributed by atoms with E-state index in [1.165, 1.54) is 37.7 Å². The Labute approximate surface area is 171 Å². The molecule has 8 nitrogen and oxygen atoms in total. The molecule has 154 valence electrons. The van der Waals surface area contributed by atoms with Crippen molar-refractivity contribution in [1.29, 1.82) is 0 Å². The van der Waals surface area contributed by atoms with E-state index in [1.807, 2.05) is 0 Å². The molecule has 0 fully saturated rings. The lowest BCUT2D eigenvalue weighted by molar-refractivity contribution is -0.119. The predicted molar refractivity (Wildman–Crippen MR) is 108 cm³/mol. The molecule has 2 aromatic rings. The molecule has 3 rings (SSSR count). The van der Waals surface area contributed by atoms with Crippen molar-refractivity contribution in [2.24, 2.45) is 5.73 Å². The van der Waals surface area contributed by atoms with Gasteiger partial charge in [0.25, 0.3) is 11.8 Å². The van der Waals surface area contributed by atoms with Gasteiger partial charge in [-0.05, 0) is 49.4 Å². The maximum Gasteiger partial charge on any atom is 0.338 e. The van der Waals surface area contributed by atoms with Crippen LogP contribution in [-0.4, -0.2) is 38.6 Å². The molecule has 0 aliphatic heterocycles. The number of hydrogen-bond acceptors (Lipinski definition) is 7. The van der Waals surface area contributed by atoms with Gasteiger partial charge in [0, 0.05) is 4.88 Å². The van der Waals surface area contributed by atoms with Gasteiger partial charge in [-0.2, -0.15) is 0 Å². The number of nitrogens with one attached hydrogen (secondary N) is 1. The number of rotatable bonds is 7. The summed E-state index contributed by atoms with van der Waals surface area (Å²) in [6, 6.07) is 4.56. The van der Waals surface area contributed by atoms with Crippen LogP contribution in [0.3, 0.4) is 0 Å². The highest BCUT2D eigenvalue weighted by atomic mass is 32.1. The highest BCUT2D eigenvalue weighted by Gasteiger charge is 2.25. The highest BCUT2D eigenvalue weighted by Crippen LogP contribution is 2.37. The van der Waals surface area contributed by atoms with E-state index in [4.69, 9.17) is 19.9 Å². The third kappa shape index (κ3) is 4.51. The van der Waals surface area contributed by atoms with Gasteiger partial charge in [0.05, 0.1) is 25.3 Å². The van der Waals surface area contributed by atoms with Gasteiger partial charge in [0.2, 0.25) is 0 Å². The summed E-state index contributed by atoms with van der Waals surface area (Å²) in [6.07, 6.45) is 3.67. The molecule has 1 heterocycles. The third-order valence-corrected chi connectivity index (χ3v) is 5.83. The van der Waals surface area contributed by atoms with Crippen molar-refractivity contribution in [3.05, 3.63) is 39.8 Å². The van der Waals surface area contributed by atoms with Gasteiger partial charge in [-0.25, -0.2) is 4.79 Å². The number of methoxy groups -OCH3 is 2. The smallest absolute Gasteiger partial charge is 0.338 e. The number of aryl methyl sites for hydroxylation is 1. The lowest BCUT2D eigenvalue weighted by atomic mass is 9.95. The monoisotopic (exact) mass is 418 g/mol. The van der Waals surface area contributed by atoms with E-state index in [0.29, 0.717) is 22.1 Å². The first kappa shape index (κ1) is 20.7. The first-order valence-electron chi connectivity index (χ1n) is 9.08. The first-order chi connectivity index (χ1) is 13.9. The van der Waals surface area contributed by atoms with Crippen LogP contribution in [0.1, 0.15) is 44.0 Å². The Hall–Kier alpha value is -3.07. The highest BCUT2D eigenvalue weighted by molar-refractivity contribution is 7.17. The SMILES string of the molecule is COc1ccc(C(=O)OCC(=O)Nc2sc3c(c2C(N)=O)CCCC3)cc1OC. The summed E-state index contributed by atoms with van der Waals surface area (Å²) in [5.74, 6) is -0.937. The molecule has 0 spiro atoms. The molecule has 0 radical (unpaired) electrons. The lowest BCUT2D eigenvalue weighted by Crippen LogP contribution is -2.23. The molecule has 0 saturated heterocycles. The molecule has 1 aliphatic carbocycles. The normalized spacial score (nSPS) is 12.6. The molecule has 2 amide bonds. The predicted octanol–water partition coefficient (Wildman–Crippen LogP) is 2.54. The largest absolute Gasteiger partial charge is 0.493 e. The molecule has 1 aliphatic rings. The zero-order valence-corrected chi connectivity index (χ0v) is 17.0. The molecule has 1 aromatic heterocycles. The van der Waals surface area contributed by atoms with Crippen LogP contribution in [0.4, 0.5) is 5.00 Å². The number of nitrogens with two attached hydrogens (primary N) is 1. The Balaban J connectivity index is 1.65. The average molecular weight is 418 g/mol. The molecule has 0 bridgehead atoms. The fourth-order valence-electron chi connectivity index (χ4n) is 3.25. The standard InChI is InChI=1S/C20H22N2O6S/c1-26-13-8-7-11(9-14(13)27-2)20(25)28-10-16(23)22-19-17(18(21)24)12-5-3-4-6-15(12)29-19/h7-9H,3-6,10H2,1-2H3,(H2,21,24)(H,22,23). The fraction of sp³-hybridized carbons (Fsp3) is 0.350. The average Bonchev–Trinajstić information content (AvgIpc) is 3.09. The number of esters is 1. The number of anilines is 1. The van der Waals surface area contributed by atoms with Crippen molar-refractivity contribution < 1.29 is 28.6 Å². The number of amides is 2. The van der Waals surface area contributed by atoms with Crippen molar-refractivity contribution in [3.63, 3.8) is 0 Å². The molecular weight excluding hydrogens is 396 g/mol. The minimum atomic E-state index is -0.679. The second-order valence-electron chi connectivity index (χ2n) is 6.47. The molecule has 0 atom stereocenters. The third-order valence-electron chi connectivity index (χ3n) is 4.62. The van der Waals surface area contributed by atoms with Crippen molar-refractivity contribution in [2.45, 2.75) is 25.7 Å². The van der Waals surface area contributed by atoms with E-state index in [2.05, 4.69) is 5.32 Å². The second kappa shape index (κ2) is 8.95. The summed E-state index contributed by atoms with van der Waals surface area (Å²) in [5, 5.41) is 3.07. The van der Waals surface area contributed by atoms with Crippen LogP contribution in [0.5, 0.6) is 11.5 Å². The van der Waals surface area contributed by atoms with E-state index >= 15 is 0 Å². The number of benzene rings is 1. The van der Waals surface area contributed by atoms with Crippen LogP contribution in [0, 0.1) is 0 Å². The summed E-state index contributed by atoms with van der Waals surface area (Å²) in [4.78, 5) is 37.5. The van der Waals surface area contributed by atoms with Crippen molar-refractivity contribution in [1.82, 2.24) is 0 Å². The summed E-state index contributed by atoms with van der Waals surface area (Å²) >= 11 is 1.35. The van der Waals surface area contributed by atoms with Crippen LogP contribution < -0.4 is 20.5 Å². The zero-order chi connectivity index (χ0) is 21.0. The van der Waals surface area contributed by atoms with Gasteiger partial charge < -0.3 is 25.3 Å². The van der Waals surface area contributed by atoms with Crippen LogP contribution >= 0.6 is 11.3 Å². The van der Waals surface area contributed by atoms with Crippen LogP contribution in [0.25, 0.3) is 0 Å². The molecule has 0 saturated carbocycles. The summed E-state index contributed by atoms with van der Waals surface area (Å²) < 4.78 is 15.4. The number of carbonyl (C=O) groups excluding carboxylic acids is 3. The lowest BCUT2D eigenvalue weighted by Gasteiger charge is -2.11. The van der Waals surface area contributed by atoms with Crippen LogP contribution in [-0.2, 0) is 22.4 Å². The molecule has 0 unspecified atom stereocenters. The first-order valence-corrected chi connectivity index (χ1v) is 9.89. The van der Waals surface area contributed by atoms with Gasteiger partial charge in [-0.3, -0.25) is 9.59 Å². The van der Waals surface area contributed by atoms with E-state index in [-0.39, 0.29) is 5.56 Å². The summed E-state index contributed by atoms with van der Waals surface area (Å²) in [6.45, 7) is -0.492. The topological polar surface area (TPSA) is 117 Å². The van der Waals surface area contributed by atoms with Crippen LogP contribution in [0.2, 0.25) is 0 Å². The Morgan fingerprint density at radius 2 is 1.83 bits per heavy atom. The number of ether oxygens (including phenoxy) is 3. The minimum Gasteiger partial charge on any atom is -0.493 e. The van der Waals surface area contributed by atoms with Crippen molar-refractivity contribution in [3.8, 4) is 11.5 Å². The van der Waals surface area contributed by atoms with Gasteiger partial charge in [-0.1, -0.05) is 0 Å². The van der Waals surface area contributed by atoms with Gasteiger partial charge in [0.1, 0.15) is 5.00 Å². The summed E-state index contributed by atoms with van der Waals surface area (Å²) in [7, 11) is 2.94. The molecular formula is C20H22N2O6S. The van der Waals surface area contributed by atoms with Gasteiger partial charge in [-0.15, -0.1) is 11.3 Å². The summed E-state index contributed by atoms with van der Waals surface area (Å²) in [5.41, 5.74) is 7.03. The second-order valence-corrected chi connectivity index (χ2v) is 7.58. The Kier molecular flexibility index (Phi) is 6.38. The minimum absolute atomic E-state index is 0.222. The fourth-order valence-corrected chi connectivity index (χ4v) is 4.57. The van der Waals surface area contributed by atoms with Crippen molar-refractivity contribution in [2.75, 3.05) is 26.1 Å². The van der Waals surface area contributed by atoms with Gasteiger partial charge in [0.15, 0.2) is 18.1 Å². The Bertz CT molecular complexity index is 953. The molecule has 3 N–H and O–H groups in total. The Morgan fingerprint density at radius 1 is 1.10 bits per heavy atom. The molecule has 29 heavy (non-hydrogen) atoms. The zero-order valence-electron chi connectivity index (χ0n) is 16.2. The molecule has 1 aromatic carbocycles. The van der Waals surface area contributed by atoms with E-state index in [1.54, 1.807) is 6.07 Å².